The van der Waals surface area contributed by atoms with Crippen LogP contribution >= 0.6 is 54.5 Å². The smallest absolute Gasteiger partial charge is 0.163 e. The molecule has 1 aromatic carbocycles. The van der Waals surface area contributed by atoms with E-state index in [0.29, 0.717) is 6.42 Å². The minimum atomic E-state index is 0.175. The van der Waals surface area contributed by atoms with Crippen LogP contribution < -0.4 is 0 Å². The molecule has 4 heteroatoms. The molecule has 0 atom stereocenters. The SMILES string of the molecule is O=C(CCBr)c1ccc(I)c(Br)c1. The Labute approximate surface area is 108 Å². The Morgan fingerprint density at radius 1 is 1.46 bits per heavy atom. The van der Waals surface area contributed by atoms with Gasteiger partial charge in [0.2, 0.25) is 0 Å². The van der Waals surface area contributed by atoms with Gasteiger partial charge in [-0.05, 0) is 50.7 Å². The van der Waals surface area contributed by atoms with E-state index in [0.717, 1.165) is 18.9 Å². The first-order valence-corrected chi connectivity index (χ1v) is 6.68. The van der Waals surface area contributed by atoms with Gasteiger partial charge in [-0.3, -0.25) is 4.79 Å². The second-order valence-electron chi connectivity index (χ2n) is 2.49. The van der Waals surface area contributed by atoms with E-state index >= 15 is 0 Å². The summed E-state index contributed by atoms with van der Waals surface area (Å²) in [6.45, 7) is 0. The first kappa shape index (κ1) is 11.7. The maximum Gasteiger partial charge on any atom is 0.163 e. The van der Waals surface area contributed by atoms with Gasteiger partial charge >= 0.3 is 0 Å². The third-order valence-corrected chi connectivity index (χ3v) is 4.30. The zero-order valence-corrected chi connectivity index (χ0v) is 12.0. The van der Waals surface area contributed by atoms with Crippen molar-refractivity contribution < 1.29 is 4.79 Å². The summed E-state index contributed by atoms with van der Waals surface area (Å²) in [5.74, 6) is 0.175. The van der Waals surface area contributed by atoms with Gasteiger partial charge in [0, 0.05) is 25.4 Å². The molecule has 0 heterocycles. The number of rotatable bonds is 3. The zero-order chi connectivity index (χ0) is 9.84. The van der Waals surface area contributed by atoms with E-state index < -0.39 is 0 Å². The molecular weight excluding hydrogens is 411 g/mol. The Bertz CT molecular complexity index is 325. The molecule has 0 spiro atoms. The van der Waals surface area contributed by atoms with Gasteiger partial charge in [0.05, 0.1) is 0 Å². The van der Waals surface area contributed by atoms with Crippen molar-refractivity contribution in [3.63, 3.8) is 0 Å². The summed E-state index contributed by atoms with van der Waals surface area (Å²) in [6, 6.07) is 5.66. The van der Waals surface area contributed by atoms with E-state index in [1.165, 1.54) is 0 Å². The summed E-state index contributed by atoms with van der Waals surface area (Å²) >= 11 is 8.86. The first-order valence-electron chi connectivity index (χ1n) is 3.69. The van der Waals surface area contributed by atoms with Crippen LogP contribution in [0.3, 0.4) is 0 Å². The standard InChI is InChI=1S/C9H7Br2IO/c10-4-3-9(13)6-1-2-8(12)7(11)5-6/h1-2,5H,3-4H2. The van der Waals surface area contributed by atoms with Gasteiger partial charge in [0.25, 0.3) is 0 Å². The fourth-order valence-corrected chi connectivity index (χ4v) is 1.97. The molecule has 0 unspecified atom stereocenters. The lowest BCUT2D eigenvalue weighted by molar-refractivity contribution is 0.0990. The van der Waals surface area contributed by atoms with Crippen molar-refractivity contribution in [3.05, 3.63) is 31.8 Å². The Hall–Kier alpha value is 0.580. The van der Waals surface area contributed by atoms with Crippen LogP contribution in [0.5, 0.6) is 0 Å². The number of carbonyl (C=O) groups excluding carboxylic acids is 1. The summed E-state index contributed by atoms with van der Waals surface area (Å²) in [6.07, 6.45) is 0.549. The Balaban J connectivity index is 2.90. The largest absolute Gasteiger partial charge is 0.294 e. The van der Waals surface area contributed by atoms with Gasteiger partial charge in [-0.15, -0.1) is 0 Å². The molecular formula is C9H7Br2IO. The lowest BCUT2D eigenvalue weighted by Crippen LogP contribution is -1.99. The molecule has 1 rings (SSSR count). The van der Waals surface area contributed by atoms with E-state index in [-0.39, 0.29) is 5.78 Å². The van der Waals surface area contributed by atoms with Crippen molar-refractivity contribution in [2.45, 2.75) is 6.42 Å². The molecule has 1 nitrogen and oxygen atoms in total. The van der Waals surface area contributed by atoms with Gasteiger partial charge in [-0.25, -0.2) is 0 Å². The molecule has 0 N–H and O–H groups in total. The van der Waals surface area contributed by atoms with E-state index in [9.17, 15) is 4.79 Å². The Morgan fingerprint density at radius 3 is 2.69 bits per heavy atom. The molecule has 0 saturated carbocycles. The fourth-order valence-electron chi connectivity index (χ4n) is 0.900. The van der Waals surface area contributed by atoms with Gasteiger partial charge in [-0.1, -0.05) is 22.0 Å². The molecule has 0 radical (unpaired) electrons. The second-order valence-corrected chi connectivity index (χ2v) is 5.30. The normalized spacial score (nSPS) is 10.1. The predicted octanol–water partition coefficient (Wildman–Crippen LogP) is 4.02. The number of hydrogen-bond donors (Lipinski definition) is 0. The van der Waals surface area contributed by atoms with Gasteiger partial charge in [-0.2, -0.15) is 0 Å². The average molecular weight is 418 g/mol. The number of Topliss-reactive ketones (excluding diaryl/α,β-unsaturated/α-hetero) is 1. The fraction of sp³-hybridized carbons (Fsp3) is 0.222. The van der Waals surface area contributed by atoms with Crippen molar-refractivity contribution in [3.8, 4) is 0 Å². The number of benzene rings is 1. The molecule has 1 aromatic rings. The molecule has 70 valence electrons. The van der Waals surface area contributed by atoms with Crippen molar-refractivity contribution in [1.29, 1.82) is 0 Å². The number of carbonyl (C=O) groups is 1. The molecule has 0 bridgehead atoms. The van der Waals surface area contributed by atoms with E-state index in [4.69, 9.17) is 0 Å². The molecule has 0 fully saturated rings. The monoisotopic (exact) mass is 416 g/mol. The van der Waals surface area contributed by atoms with Gasteiger partial charge < -0.3 is 0 Å². The van der Waals surface area contributed by atoms with Crippen LogP contribution in [-0.4, -0.2) is 11.1 Å². The first-order chi connectivity index (χ1) is 6.15. The van der Waals surface area contributed by atoms with Crippen LogP contribution in [0.4, 0.5) is 0 Å². The minimum Gasteiger partial charge on any atom is -0.294 e. The quantitative estimate of drug-likeness (QED) is 0.412. The lowest BCUT2D eigenvalue weighted by atomic mass is 10.1. The summed E-state index contributed by atoms with van der Waals surface area (Å²) in [4.78, 5) is 11.5. The molecule has 0 aliphatic rings. The van der Waals surface area contributed by atoms with Crippen LogP contribution in [-0.2, 0) is 0 Å². The van der Waals surface area contributed by atoms with E-state index in [1.54, 1.807) is 0 Å². The zero-order valence-electron chi connectivity index (χ0n) is 6.69. The summed E-state index contributed by atoms with van der Waals surface area (Å²) in [7, 11) is 0. The van der Waals surface area contributed by atoms with Gasteiger partial charge in [0.15, 0.2) is 5.78 Å². The second kappa shape index (κ2) is 5.46. The molecule has 0 saturated heterocycles. The van der Waals surface area contributed by atoms with Crippen LogP contribution in [0, 0.1) is 3.57 Å². The van der Waals surface area contributed by atoms with Crippen LogP contribution in [0.15, 0.2) is 22.7 Å². The molecule has 0 aliphatic carbocycles. The van der Waals surface area contributed by atoms with Crippen molar-refractivity contribution >= 4 is 60.2 Å². The molecule has 0 aromatic heterocycles. The highest BCUT2D eigenvalue weighted by atomic mass is 127. The van der Waals surface area contributed by atoms with Crippen molar-refractivity contribution in [1.82, 2.24) is 0 Å². The Kier molecular flexibility index (Phi) is 4.89. The molecule has 0 amide bonds. The third kappa shape index (κ3) is 3.32. The molecule has 0 aliphatic heterocycles. The van der Waals surface area contributed by atoms with E-state index in [2.05, 4.69) is 54.5 Å². The van der Waals surface area contributed by atoms with E-state index in [1.807, 2.05) is 18.2 Å². The maximum atomic E-state index is 11.5. The highest BCUT2D eigenvalue weighted by Crippen LogP contribution is 2.21. The average Bonchev–Trinajstić information content (AvgIpc) is 2.10. The molecule has 13 heavy (non-hydrogen) atoms. The number of halogens is 3. The topological polar surface area (TPSA) is 17.1 Å². The minimum absolute atomic E-state index is 0.175. The van der Waals surface area contributed by atoms with Crippen molar-refractivity contribution in [2.24, 2.45) is 0 Å². The van der Waals surface area contributed by atoms with Gasteiger partial charge in [0.1, 0.15) is 0 Å². The highest BCUT2D eigenvalue weighted by molar-refractivity contribution is 14.1. The summed E-state index contributed by atoms with van der Waals surface area (Å²) in [5, 5.41) is 0.718. The predicted molar refractivity (Wildman–Crippen MR) is 69.6 cm³/mol. The summed E-state index contributed by atoms with van der Waals surface area (Å²) in [5.41, 5.74) is 0.770. The Morgan fingerprint density at radius 2 is 2.15 bits per heavy atom. The number of hydrogen-bond acceptors (Lipinski definition) is 1. The lowest BCUT2D eigenvalue weighted by Gasteiger charge is -2.00. The van der Waals surface area contributed by atoms with Crippen LogP contribution in [0.2, 0.25) is 0 Å². The maximum absolute atomic E-state index is 11.5. The van der Waals surface area contributed by atoms with Crippen molar-refractivity contribution in [2.75, 3.05) is 5.33 Å². The third-order valence-electron chi connectivity index (χ3n) is 1.56. The highest BCUT2D eigenvalue weighted by Gasteiger charge is 2.06. The summed E-state index contributed by atoms with van der Waals surface area (Å²) < 4.78 is 2.10. The number of alkyl halides is 1. The number of ketones is 1. The van der Waals surface area contributed by atoms with Crippen LogP contribution in [0.25, 0.3) is 0 Å². The van der Waals surface area contributed by atoms with Crippen LogP contribution in [0.1, 0.15) is 16.8 Å².